The third kappa shape index (κ3) is 3.02. The molecule has 0 N–H and O–H groups in total. The van der Waals surface area contributed by atoms with Crippen molar-refractivity contribution < 1.29 is 9.59 Å². The predicted octanol–water partition coefficient (Wildman–Crippen LogP) is 2.49. The number of nitrogens with zero attached hydrogens (tertiary/aromatic N) is 4. The van der Waals surface area contributed by atoms with Gasteiger partial charge in [0.2, 0.25) is 11.8 Å². The van der Waals surface area contributed by atoms with Gasteiger partial charge in [0.05, 0.1) is 18.2 Å². The van der Waals surface area contributed by atoms with Crippen molar-refractivity contribution in [3.63, 3.8) is 0 Å². The van der Waals surface area contributed by atoms with Gasteiger partial charge in [-0.25, -0.2) is 0 Å². The number of aryl methyl sites for hydroxylation is 1. The molecule has 1 aliphatic carbocycles. The van der Waals surface area contributed by atoms with Gasteiger partial charge in [-0.15, -0.1) is 0 Å². The summed E-state index contributed by atoms with van der Waals surface area (Å²) in [6.07, 6.45) is 2.74. The molecule has 5 rings (SSSR count). The van der Waals surface area contributed by atoms with E-state index in [1.807, 2.05) is 11.8 Å². The summed E-state index contributed by atoms with van der Waals surface area (Å²) < 4.78 is 0. The Morgan fingerprint density at radius 1 is 1.20 bits per heavy atom. The van der Waals surface area contributed by atoms with Gasteiger partial charge in [0.1, 0.15) is 6.04 Å². The summed E-state index contributed by atoms with van der Waals surface area (Å²) in [5, 5.41) is 9.40. The minimum atomic E-state index is -0.258. The van der Waals surface area contributed by atoms with E-state index >= 15 is 0 Å². The van der Waals surface area contributed by atoms with Crippen LogP contribution in [0.4, 0.5) is 0 Å². The minimum absolute atomic E-state index is 0.0714. The van der Waals surface area contributed by atoms with Crippen LogP contribution in [0.3, 0.4) is 0 Å². The van der Waals surface area contributed by atoms with Crippen LogP contribution in [-0.4, -0.2) is 63.8 Å². The lowest BCUT2D eigenvalue weighted by Gasteiger charge is -2.38. The van der Waals surface area contributed by atoms with Crippen LogP contribution in [0, 0.1) is 30.1 Å². The van der Waals surface area contributed by atoms with E-state index in [-0.39, 0.29) is 47.9 Å². The molecule has 2 amide bonds. The second kappa shape index (κ2) is 7.09. The largest absolute Gasteiger partial charge is 0.330 e. The van der Waals surface area contributed by atoms with Crippen LogP contribution in [0.5, 0.6) is 0 Å². The quantitative estimate of drug-likeness (QED) is 0.754. The zero-order chi connectivity index (χ0) is 21.2. The van der Waals surface area contributed by atoms with Crippen LogP contribution in [0.2, 0.25) is 0 Å². The number of piperazine rings is 1. The number of piperidine rings is 1. The van der Waals surface area contributed by atoms with Gasteiger partial charge in [0.15, 0.2) is 0 Å². The highest BCUT2D eigenvalue weighted by Gasteiger charge is 2.55. The summed E-state index contributed by atoms with van der Waals surface area (Å²) in [6, 6.07) is 10.9. The molecule has 7 atom stereocenters. The van der Waals surface area contributed by atoms with Crippen LogP contribution in [0.25, 0.3) is 0 Å². The molecule has 3 saturated heterocycles. The molecule has 1 aromatic rings. The summed E-state index contributed by atoms with van der Waals surface area (Å²) in [4.78, 5) is 32.3. The lowest BCUT2D eigenvalue weighted by molar-refractivity contribution is -0.142. The molecule has 4 aliphatic rings. The standard InChI is InChI=1S/C24H30N4O2/c1-14-4-6-17(7-5-14)16(3)27-20-10-22(24(27)30)26(13-20)12-15(2)23(29)28-19(11-25)8-18-9-21(18)28/h4-7,15-16,18-22H,8-10,12-13H2,1-3H3/t15-,16-,18+,19-,20?,21?,22+/m0/s1. The van der Waals surface area contributed by atoms with E-state index in [9.17, 15) is 14.9 Å². The second-order valence-corrected chi connectivity index (χ2v) is 9.78. The van der Waals surface area contributed by atoms with Crippen LogP contribution in [0.1, 0.15) is 50.3 Å². The molecule has 3 heterocycles. The maximum absolute atomic E-state index is 13.2. The molecule has 30 heavy (non-hydrogen) atoms. The topological polar surface area (TPSA) is 67.7 Å². The summed E-state index contributed by atoms with van der Waals surface area (Å²) >= 11 is 0. The smallest absolute Gasteiger partial charge is 0.240 e. The van der Waals surface area contributed by atoms with Crippen molar-refractivity contribution in [2.75, 3.05) is 13.1 Å². The zero-order valence-electron chi connectivity index (χ0n) is 18.0. The van der Waals surface area contributed by atoms with Crippen molar-refractivity contribution in [1.29, 1.82) is 5.26 Å². The SMILES string of the molecule is Cc1ccc([C@H](C)N2C(=O)[C@H]3CC2CN3C[C@H](C)C(=O)N2C3C[C@H]3C[C@H]2C#N)cc1. The lowest BCUT2D eigenvalue weighted by atomic mass is 10.0. The minimum Gasteiger partial charge on any atom is -0.330 e. The van der Waals surface area contributed by atoms with Crippen LogP contribution < -0.4 is 0 Å². The first kappa shape index (κ1) is 19.6. The van der Waals surface area contributed by atoms with Gasteiger partial charge in [-0.3, -0.25) is 14.5 Å². The molecule has 6 heteroatoms. The number of likely N-dealkylation sites (tertiary alicyclic amines) is 3. The normalized spacial score (nSPS) is 34.1. The highest BCUT2D eigenvalue weighted by Crippen LogP contribution is 2.48. The Labute approximate surface area is 178 Å². The number of amides is 2. The lowest BCUT2D eigenvalue weighted by Crippen LogP contribution is -2.53. The molecule has 1 saturated carbocycles. The first-order valence-electron chi connectivity index (χ1n) is 11.2. The molecule has 3 aliphatic heterocycles. The van der Waals surface area contributed by atoms with Crippen LogP contribution in [0.15, 0.2) is 24.3 Å². The van der Waals surface area contributed by atoms with E-state index in [1.54, 1.807) is 0 Å². The predicted molar refractivity (Wildman–Crippen MR) is 112 cm³/mol. The molecule has 2 bridgehead atoms. The fourth-order valence-electron chi connectivity index (χ4n) is 5.98. The average Bonchev–Trinajstić information content (AvgIpc) is 3.07. The number of carbonyl (C=O) groups excluding carboxylic acids is 2. The Balaban J connectivity index is 1.23. The Bertz CT molecular complexity index is 907. The van der Waals surface area contributed by atoms with Gasteiger partial charge >= 0.3 is 0 Å². The van der Waals surface area contributed by atoms with Crippen molar-refractivity contribution in [3.05, 3.63) is 35.4 Å². The number of rotatable bonds is 5. The Hall–Kier alpha value is -2.39. The molecule has 2 unspecified atom stereocenters. The second-order valence-electron chi connectivity index (χ2n) is 9.78. The third-order valence-corrected chi connectivity index (χ3v) is 7.73. The van der Waals surface area contributed by atoms with E-state index in [0.717, 1.165) is 25.8 Å². The molecular weight excluding hydrogens is 376 g/mol. The van der Waals surface area contributed by atoms with Gasteiger partial charge < -0.3 is 9.80 Å². The molecule has 4 fully saturated rings. The molecule has 0 spiro atoms. The zero-order valence-corrected chi connectivity index (χ0v) is 18.0. The van der Waals surface area contributed by atoms with Crippen molar-refractivity contribution in [3.8, 4) is 6.07 Å². The van der Waals surface area contributed by atoms with E-state index < -0.39 is 0 Å². The first-order valence-corrected chi connectivity index (χ1v) is 11.2. The van der Waals surface area contributed by atoms with E-state index in [2.05, 4.69) is 54.0 Å². The monoisotopic (exact) mass is 406 g/mol. The molecule has 158 valence electrons. The number of nitriles is 1. The molecule has 6 nitrogen and oxygen atoms in total. The van der Waals surface area contributed by atoms with Gasteiger partial charge in [-0.2, -0.15) is 5.26 Å². The van der Waals surface area contributed by atoms with Gasteiger partial charge in [-0.1, -0.05) is 36.8 Å². The fourth-order valence-corrected chi connectivity index (χ4v) is 5.98. The van der Waals surface area contributed by atoms with E-state index in [1.165, 1.54) is 11.1 Å². The highest BCUT2D eigenvalue weighted by atomic mass is 16.2. The van der Waals surface area contributed by atoms with Crippen molar-refractivity contribution >= 4 is 11.8 Å². The van der Waals surface area contributed by atoms with Crippen LogP contribution >= 0.6 is 0 Å². The number of fused-ring (bicyclic) bond motifs is 3. The molecule has 1 aromatic carbocycles. The van der Waals surface area contributed by atoms with Gasteiger partial charge in [0.25, 0.3) is 0 Å². The van der Waals surface area contributed by atoms with Crippen molar-refractivity contribution in [1.82, 2.24) is 14.7 Å². The number of hydrogen-bond donors (Lipinski definition) is 0. The maximum Gasteiger partial charge on any atom is 0.240 e. The third-order valence-electron chi connectivity index (χ3n) is 7.73. The number of carbonyl (C=O) groups is 2. The number of benzene rings is 1. The molecule has 0 aromatic heterocycles. The highest BCUT2D eigenvalue weighted by molar-refractivity contribution is 5.86. The van der Waals surface area contributed by atoms with Crippen molar-refractivity contribution in [2.24, 2.45) is 11.8 Å². The molecule has 0 radical (unpaired) electrons. The van der Waals surface area contributed by atoms with Gasteiger partial charge in [0, 0.05) is 31.1 Å². The fraction of sp³-hybridized carbons (Fsp3) is 0.625. The summed E-state index contributed by atoms with van der Waals surface area (Å²) in [6.45, 7) is 7.57. The molecular formula is C24H30N4O2. The van der Waals surface area contributed by atoms with E-state index in [0.29, 0.717) is 12.5 Å². The Morgan fingerprint density at radius 2 is 1.93 bits per heavy atom. The summed E-state index contributed by atoms with van der Waals surface area (Å²) in [7, 11) is 0. The van der Waals surface area contributed by atoms with Crippen molar-refractivity contribution in [2.45, 2.75) is 70.2 Å². The summed E-state index contributed by atoms with van der Waals surface area (Å²) in [5.41, 5.74) is 2.39. The Morgan fingerprint density at radius 3 is 2.60 bits per heavy atom. The number of hydrogen-bond acceptors (Lipinski definition) is 4. The van der Waals surface area contributed by atoms with E-state index in [4.69, 9.17) is 0 Å². The maximum atomic E-state index is 13.2. The van der Waals surface area contributed by atoms with Gasteiger partial charge in [-0.05, 0) is 44.6 Å². The summed E-state index contributed by atoms with van der Waals surface area (Å²) in [5.74, 6) is 0.631. The average molecular weight is 407 g/mol. The first-order chi connectivity index (χ1) is 14.4. The van der Waals surface area contributed by atoms with Crippen LogP contribution in [-0.2, 0) is 9.59 Å². The Kier molecular flexibility index (Phi) is 4.62.